The van der Waals surface area contributed by atoms with Gasteiger partial charge in [0, 0.05) is 26.4 Å². The van der Waals surface area contributed by atoms with Crippen LogP contribution in [0.2, 0.25) is 0 Å². The summed E-state index contributed by atoms with van der Waals surface area (Å²) in [6.07, 6.45) is 0.258. The first-order valence-electron chi connectivity index (χ1n) is 9.32. The van der Waals surface area contributed by atoms with E-state index in [2.05, 4.69) is 5.32 Å². The van der Waals surface area contributed by atoms with Crippen molar-refractivity contribution in [2.24, 2.45) is 0 Å². The molecular formula is C22H28N2O4. The van der Waals surface area contributed by atoms with Crippen LogP contribution in [0.15, 0.2) is 48.5 Å². The first-order valence-corrected chi connectivity index (χ1v) is 9.32. The molecule has 0 atom stereocenters. The number of rotatable bonds is 10. The van der Waals surface area contributed by atoms with Gasteiger partial charge in [-0.1, -0.05) is 29.8 Å². The van der Waals surface area contributed by atoms with E-state index in [1.54, 1.807) is 12.0 Å². The first-order chi connectivity index (χ1) is 13.5. The zero-order valence-electron chi connectivity index (χ0n) is 16.7. The SMILES string of the molecule is COc1ccc(OCCN(CCC(=O)NCc2cccc(C)c2)C(C)=O)cc1. The Balaban J connectivity index is 1.72. The van der Waals surface area contributed by atoms with Crippen LogP contribution in [0.5, 0.6) is 11.5 Å². The van der Waals surface area contributed by atoms with Gasteiger partial charge in [0.15, 0.2) is 0 Å². The molecule has 2 rings (SSSR count). The average Bonchev–Trinajstić information content (AvgIpc) is 2.69. The molecule has 2 amide bonds. The van der Waals surface area contributed by atoms with E-state index in [4.69, 9.17) is 9.47 Å². The number of methoxy groups -OCH3 is 1. The summed E-state index contributed by atoms with van der Waals surface area (Å²) in [6, 6.07) is 15.3. The number of ether oxygens (including phenoxy) is 2. The summed E-state index contributed by atoms with van der Waals surface area (Å²) < 4.78 is 10.8. The highest BCUT2D eigenvalue weighted by Gasteiger charge is 2.11. The maximum absolute atomic E-state index is 12.1. The minimum Gasteiger partial charge on any atom is -0.497 e. The molecule has 0 saturated carbocycles. The summed E-state index contributed by atoms with van der Waals surface area (Å²) >= 11 is 0. The Kier molecular flexibility index (Phi) is 8.34. The molecule has 2 aromatic carbocycles. The number of hydrogen-bond acceptors (Lipinski definition) is 4. The number of nitrogens with one attached hydrogen (secondary N) is 1. The van der Waals surface area contributed by atoms with Crippen LogP contribution in [0.3, 0.4) is 0 Å². The number of carbonyl (C=O) groups is 2. The number of aryl methyl sites for hydroxylation is 1. The van der Waals surface area contributed by atoms with Crippen LogP contribution in [0.1, 0.15) is 24.5 Å². The highest BCUT2D eigenvalue weighted by Crippen LogP contribution is 2.16. The number of amides is 2. The van der Waals surface area contributed by atoms with E-state index in [-0.39, 0.29) is 18.2 Å². The standard InChI is InChI=1S/C22H28N2O4/c1-17-5-4-6-19(15-17)16-23-22(26)11-12-24(18(2)25)13-14-28-21-9-7-20(27-3)8-10-21/h4-10,15H,11-14,16H2,1-3H3,(H,23,26). The Hall–Kier alpha value is -3.02. The molecule has 0 radical (unpaired) electrons. The van der Waals surface area contributed by atoms with Gasteiger partial charge in [0.25, 0.3) is 0 Å². The molecule has 150 valence electrons. The van der Waals surface area contributed by atoms with E-state index in [0.29, 0.717) is 32.0 Å². The van der Waals surface area contributed by atoms with Gasteiger partial charge in [-0.2, -0.15) is 0 Å². The minimum atomic E-state index is -0.0798. The van der Waals surface area contributed by atoms with E-state index in [0.717, 1.165) is 16.9 Å². The fraction of sp³-hybridized carbons (Fsp3) is 0.364. The number of hydrogen-bond donors (Lipinski definition) is 1. The second kappa shape index (κ2) is 11.0. The quantitative estimate of drug-likeness (QED) is 0.684. The van der Waals surface area contributed by atoms with Crippen molar-refractivity contribution >= 4 is 11.8 Å². The molecular weight excluding hydrogens is 356 g/mol. The van der Waals surface area contributed by atoms with Crippen LogP contribution in [0.4, 0.5) is 0 Å². The monoisotopic (exact) mass is 384 g/mol. The molecule has 1 N–H and O–H groups in total. The minimum absolute atomic E-state index is 0.0789. The van der Waals surface area contributed by atoms with Crippen LogP contribution in [-0.2, 0) is 16.1 Å². The Morgan fingerprint density at radius 3 is 2.39 bits per heavy atom. The van der Waals surface area contributed by atoms with Crippen molar-refractivity contribution in [2.45, 2.75) is 26.8 Å². The van der Waals surface area contributed by atoms with Crippen molar-refractivity contribution in [2.75, 3.05) is 26.8 Å². The van der Waals surface area contributed by atoms with Gasteiger partial charge in [-0.3, -0.25) is 9.59 Å². The smallest absolute Gasteiger partial charge is 0.222 e. The largest absolute Gasteiger partial charge is 0.497 e. The lowest BCUT2D eigenvalue weighted by Crippen LogP contribution is -2.36. The topological polar surface area (TPSA) is 67.9 Å². The average molecular weight is 384 g/mol. The Bertz CT molecular complexity index is 774. The predicted molar refractivity (Wildman–Crippen MR) is 108 cm³/mol. The first kappa shape index (κ1) is 21.3. The van der Waals surface area contributed by atoms with E-state index < -0.39 is 0 Å². The molecule has 0 aliphatic rings. The summed E-state index contributed by atoms with van der Waals surface area (Å²) in [5, 5.41) is 2.89. The van der Waals surface area contributed by atoms with Gasteiger partial charge in [-0.15, -0.1) is 0 Å². The van der Waals surface area contributed by atoms with Gasteiger partial charge < -0.3 is 19.7 Å². The molecule has 0 aliphatic heterocycles. The van der Waals surface area contributed by atoms with E-state index in [1.165, 1.54) is 6.92 Å². The van der Waals surface area contributed by atoms with Crippen molar-refractivity contribution in [3.63, 3.8) is 0 Å². The molecule has 6 nitrogen and oxygen atoms in total. The second-order valence-electron chi connectivity index (χ2n) is 6.55. The van der Waals surface area contributed by atoms with Crippen LogP contribution >= 0.6 is 0 Å². The second-order valence-corrected chi connectivity index (χ2v) is 6.55. The molecule has 0 heterocycles. The third-order valence-corrected chi connectivity index (χ3v) is 4.32. The van der Waals surface area contributed by atoms with Gasteiger partial charge in [0.2, 0.25) is 11.8 Å². The molecule has 0 aliphatic carbocycles. The molecule has 0 fully saturated rings. The van der Waals surface area contributed by atoms with E-state index >= 15 is 0 Å². The summed E-state index contributed by atoms with van der Waals surface area (Å²) in [5.74, 6) is 1.31. The molecule has 6 heteroatoms. The fourth-order valence-corrected chi connectivity index (χ4v) is 2.72. The molecule has 28 heavy (non-hydrogen) atoms. The lowest BCUT2D eigenvalue weighted by molar-refractivity contribution is -0.130. The summed E-state index contributed by atoms with van der Waals surface area (Å²) in [5.41, 5.74) is 2.22. The van der Waals surface area contributed by atoms with Crippen LogP contribution in [0, 0.1) is 6.92 Å². The van der Waals surface area contributed by atoms with Crippen molar-refractivity contribution in [3.8, 4) is 11.5 Å². The summed E-state index contributed by atoms with van der Waals surface area (Å²) in [4.78, 5) is 25.5. The van der Waals surface area contributed by atoms with Crippen LogP contribution in [0.25, 0.3) is 0 Å². The van der Waals surface area contributed by atoms with E-state index in [9.17, 15) is 9.59 Å². The molecule has 0 bridgehead atoms. The predicted octanol–water partition coefficient (Wildman–Crippen LogP) is 2.94. The lowest BCUT2D eigenvalue weighted by atomic mass is 10.1. The van der Waals surface area contributed by atoms with Gasteiger partial charge in [-0.05, 0) is 36.8 Å². The van der Waals surface area contributed by atoms with Gasteiger partial charge >= 0.3 is 0 Å². The third kappa shape index (κ3) is 7.31. The van der Waals surface area contributed by atoms with Gasteiger partial charge in [0.05, 0.1) is 13.7 Å². The van der Waals surface area contributed by atoms with Crippen molar-refractivity contribution in [3.05, 3.63) is 59.7 Å². The van der Waals surface area contributed by atoms with E-state index in [1.807, 2.05) is 55.5 Å². The van der Waals surface area contributed by atoms with Crippen molar-refractivity contribution in [1.82, 2.24) is 10.2 Å². The van der Waals surface area contributed by atoms with Crippen molar-refractivity contribution in [1.29, 1.82) is 0 Å². The Morgan fingerprint density at radius 1 is 1.04 bits per heavy atom. The fourth-order valence-electron chi connectivity index (χ4n) is 2.72. The van der Waals surface area contributed by atoms with Crippen molar-refractivity contribution < 1.29 is 19.1 Å². The zero-order valence-corrected chi connectivity index (χ0v) is 16.7. The third-order valence-electron chi connectivity index (χ3n) is 4.32. The molecule has 0 spiro atoms. The molecule has 2 aromatic rings. The van der Waals surface area contributed by atoms with Gasteiger partial charge in [0.1, 0.15) is 18.1 Å². The normalized spacial score (nSPS) is 10.2. The number of carbonyl (C=O) groups excluding carboxylic acids is 2. The molecule has 0 aromatic heterocycles. The Morgan fingerprint density at radius 2 is 1.75 bits per heavy atom. The van der Waals surface area contributed by atoms with Gasteiger partial charge in [-0.25, -0.2) is 0 Å². The number of benzene rings is 2. The lowest BCUT2D eigenvalue weighted by Gasteiger charge is -2.21. The Labute approximate surface area is 166 Å². The maximum atomic E-state index is 12.1. The maximum Gasteiger partial charge on any atom is 0.222 e. The summed E-state index contributed by atoms with van der Waals surface area (Å²) in [6.45, 7) is 5.15. The highest BCUT2D eigenvalue weighted by atomic mass is 16.5. The summed E-state index contributed by atoms with van der Waals surface area (Å²) in [7, 11) is 1.61. The highest BCUT2D eigenvalue weighted by molar-refractivity contribution is 5.78. The van der Waals surface area contributed by atoms with Crippen LogP contribution < -0.4 is 14.8 Å². The number of nitrogens with zero attached hydrogens (tertiary/aromatic N) is 1. The van der Waals surface area contributed by atoms with Crippen LogP contribution in [-0.4, -0.2) is 43.5 Å². The molecule has 0 saturated heterocycles. The molecule has 0 unspecified atom stereocenters. The zero-order chi connectivity index (χ0) is 20.4.